The Morgan fingerprint density at radius 1 is 1.26 bits per heavy atom. The summed E-state index contributed by atoms with van der Waals surface area (Å²) in [5.74, 6) is -0.405. The van der Waals surface area contributed by atoms with Crippen molar-refractivity contribution in [2.24, 2.45) is 5.73 Å². The Morgan fingerprint density at radius 2 is 1.87 bits per heavy atom. The molecule has 1 saturated heterocycles. The molecule has 4 N–H and O–H groups in total. The number of carbonyl (C=O) groups is 2. The number of anilines is 1. The van der Waals surface area contributed by atoms with Gasteiger partial charge in [-0.1, -0.05) is 6.08 Å². The van der Waals surface area contributed by atoms with Crippen LogP contribution in [0.15, 0.2) is 36.9 Å². The van der Waals surface area contributed by atoms with E-state index in [0.717, 1.165) is 0 Å². The number of nitrogens with two attached hydrogens (primary N) is 1. The minimum absolute atomic E-state index is 0. The average Bonchev–Trinajstić information content (AvgIpc) is 2.54. The lowest BCUT2D eigenvalue weighted by atomic mass is 9.90. The monoisotopic (exact) mass is 339 g/mol. The van der Waals surface area contributed by atoms with E-state index in [0.29, 0.717) is 43.9 Å². The van der Waals surface area contributed by atoms with Gasteiger partial charge >= 0.3 is 0 Å². The fourth-order valence-corrected chi connectivity index (χ4v) is 2.19. The van der Waals surface area contributed by atoms with Crippen LogP contribution in [0.4, 0.5) is 5.69 Å². The van der Waals surface area contributed by atoms with Crippen LogP contribution in [0.3, 0.4) is 0 Å². The van der Waals surface area contributed by atoms with Crippen molar-refractivity contribution in [1.29, 1.82) is 0 Å². The fraction of sp³-hybridized carbons (Fsp3) is 0.375. The highest BCUT2D eigenvalue weighted by molar-refractivity contribution is 5.99. The van der Waals surface area contributed by atoms with E-state index in [1.165, 1.54) is 0 Å². The molecule has 0 unspecified atom stereocenters. The molecule has 1 fully saturated rings. The summed E-state index contributed by atoms with van der Waals surface area (Å²) >= 11 is 0. The molecule has 1 aliphatic heterocycles. The minimum atomic E-state index is -0.891. The highest BCUT2D eigenvalue weighted by Gasteiger charge is 2.35. The molecule has 1 aromatic carbocycles. The van der Waals surface area contributed by atoms with Crippen molar-refractivity contribution in [3.8, 4) is 0 Å². The first-order chi connectivity index (χ1) is 10.5. The molecule has 7 heteroatoms. The predicted molar refractivity (Wildman–Crippen MR) is 91.8 cm³/mol. The van der Waals surface area contributed by atoms with Crippen LogP contribution in [0.5, 0.6) is 0 Å². The number of hydrogen-bond donors (Lipinski definition) is 3. The zero-order valence-electron chi connectivity index (χ0n) is 12.8. The molecule has 1 aliphatic rings. The lowest BCUT2D eigenvalue weighted by molar-refractivity contribution is -0.124. The first kappa shape index (κ1) is 19.2. The SMILES string of the molecule is C=CCNC(=O)c1ccc(NC(=O)C2(N)CCOCC2)cc1.Cl. The molecule has 23 heavy (non-hydrogen) atoms. The summed E-state index contributed by atoms with van der Waals surface area (Å²) in [4.78, 5) is 24.0. The van der Waals surface area contributed by atoms with E-state index in [2.05, 4.69) is 17.2 Å². The molecule has 0 spiro atoms. The number of nitrogens with one attached hydrogen (secondary N) is 2. The molecule has 0 saturated carbocycles. The molecule has 1 heterocycles. The van der Waals surface area contributed by atoms with E-state index in [4.69, 9.17) is 10.5 Å². The Morgan fingerprint density at radius 3 is 2.43 bits per heavy atom. The van der Waals surface area contributed by atoms with Gasteiger partial charge in [-0.3, -0.25) is 9.59 Å². The summed E-state index contributed by atoms with van der Waals surface area (Å²) in [5, 5.41) is 5.48. The Hall–Kier alpha value is -1.89. The summed E-state index contributed by atoms with van der Waals surface area (Å²) in [6.45, 7) is 4.94. The quantitative estimate of drug-likeness (QED) is 0.708. The van der Waals surface area contributed by atoms with Gasteiger partial charge in [-0.05, 0) is 37.1 Å². The summed E-state index contributed by atoms with van der Waals surface area (Å²) in [5.41, 5.74) is 6.36. The fourth-order valence-electron chi connectivity index (χ4n) is 2.19. The summed E-state index contributed by atoms with van der Waals surface area (Å²) in [6, 6.07) is 6.68. The van der Waals surface area contributed by atoms with Crippen molar-refractivity contribution in [2.45, 2.75) is 18.4 Å². The number of benzene rings is 1. The van der Waals surface area contributed by atoms with E-state index in [9.17, 15) is 9.59 Å². The van der Waals surface area contributed by atoms with Gasteiger partial charge in [0.15, 0.2) is 0 Å². The normalized spacial score (nSPS) is 15.9. The van der Waals surface area contributed by atoms with E-state index in [1.54, 1.807) is 30.3 Å². The van der Waals surface area contributed by atoms with Crippen LogP contribution >= 0.6 is 12.4 Å². The van der Waals surface area contributed by atoms with E-state index >= 15 is 0 Å². The minimum Gasteiger partial charge on any atom is -0.381 e. The maximum Gasteiger partial charge on any atom is 0.251 e. The van der Waals surface area contributed by atoms with Gasteiger partial charge in [0.2, 0.25) is 5.91 Å². The molecule has 0 atom stereocenters. The van der Waals surface area contributed by atoms with Crippen LogP contribution in [0, 0.1) is 0 Å². The Bertz CT molecular complexity index is 554. The van der Waals surface area contributed by atoms with Crippen LogP contribution in [0.1, 0.15) is 23.2 Å². The first-order valence-electron chi connectivity index (χ1n) is 7.22. The highest BCUT2D eigenvalue weighted by Crippen LogP contribution is 2.20. The average molecular weight is 340 g/mol. The Labute approximate surface area is 141 Å². The van der Waals surface area contributed by atoms with Gasteiger partial charge in [-0.25, -0.2) is 0 Å². The molecule has 0 radical (unpaired) electrons. The number of ether oxygens (including phenoxy) is 1. The number of halogens is 1. The van der Waals surface area contributed by atoms with Gasteiger partial charge in [-0.15, -0.1) is 19.0 Å². The Balaban J connectivity index is 0.00000264. The second-order valence-corrected chi connectivity index (χ2v) is 5.30. The highest BCUT2D eigenvalue weighted by atomic mass is 35.5. The van der Waals surface area contributed by atoms with E-state index in [1.807, 2.05) is 0 Å². The summed E-state index contributed by atoms with van der Waals surface area (Å²) in [6.07, 6.45) is 2.61. The topological polar surface area (TPSA) is 93.5 Å². The van der Waals surface area contributed by atoms with Gasteiger partial charge in [0, 0.05) is 31.0 Å². The molecular weight excluding hydrogens is 318 g/mol. The van der Waals surface area contributed by atoms with Crippen molar-refractivity contribution in [1.82, 2.24) is 5.32 Å². The standard InChI is InChI=1S/C16H21N3O3.ClH/c1-2-9-18-14(20)12-3-5-13(6-4-12)19-15(21)16(17)7-10-22-11-8-16;/h2-6H,1,7-11,17H2,(H,18,20)(H,19,21);1H. The van der Waals surface area contributed by atoms with Gasteiger partial charge in [0.05, 0.1) is 0 Å². The second-order valence-electron chi connectivity index (χ2n) is 5.30. The molecule has 0 bridgehead atoms. The maximum atomic E-state index is 12.3. The summed E-state index contributed by atoms with van der Waals surface area (Å²) < 4.78 is 5.23. The lowest BCUT2D eigenvalue weighted by Gasteiger charge is -2.31. The summed E-state index contributed by atoms with van der Waals surface area (Å²) in [7, 11) is 0. The zero-order chi connectivity index (χ0) is 16.0. The molecule has 1 aromatic rings. The van der Waals surface area contributed by atoms with Crippen molar-refractivity contribution in [2.75, 3.05) is 25.1 Å². The lowest BCUT2D eigenvalue weighted by Crippen LogP contribution is -2.54. The van der Waals surface area contributed by atoms with Crippen molar-refractivity contribution in [3.05, 3.63) is 42.5 Å². The molecule has 2 amide bonds. The first-order valence-corrected chi connectivity index (χ1v) is 7.22. The molecule has 6 nitrogen and oxygen atoms in total. The molecule has 126 valence electrons. The number of carbonyl (C=O) groups excluding carboxylic acids is 2. The maximum absolute atomic E-state index is 12.3. The molecule has 0 aliphatic carbocycles. The third kappa shape index (κ3) is 5.06. The largest absolute Gasteiger partial charge is 0.381 e. The van der Waals surface area contributed by atoms with E-state index < -0.39 is 5.54 Å². The predicted octanol–water partition coefficient (Wildman–Crippen LogP) is 1.47. The van der Waals surface area contributed by atoms with Crippen LogP contribution < -0.4 is 16.4 Å². The van der Waals surface area contributed by atoms with Gasteiger partial charge in [0.25, 0.3) is 5.91 Å². The van der Waals surface area contributed by atoms with Crippen LogP contribution in [0.25, 0.3) is 0 Å². The number of rotatable bonds is 5. The number of amides is 2. The second kappa shape index (κ2) is 8.67. The third-order valence-electron chi connectivity index (χ3n) is 3.65. The molecule has 0 aromatic heterocycles. The van der Waals surface area contributed by atoms with E-state index in [-0.39, 0.29) is 24.2 Å². The van der Waals surface area contributed by atoms with Gasteiger partial charge < -0.3 is 21.1 Å². The number of hydrogen-bond acceptors (Lipinski definition) is 4. The van der Waals surface area contributed by atoms with Crippen LogP contribution in [-0.4, -0.2) is 37.1 Å². The van der Waals surface area contributed by atoms with Gasteiger partial charge in [-0.2, -0.15) is 0 Å². The van der Waals surface area contributed by atoms with Crippen molar-refractivity contribution < 1.29 is 14.3 Å². The molecule has 2 rings (SSSR count). The van der Waals surface area contributed by atoms with Crippen LogP contribution in [-0.2, 0) is 9.53 Å². The van der Waals surface area contributed by atoms with Crippen molar-refractivity contribution in [3.63, 3.8) is 0 Å². The smallest absolute Gasteiger partial charge is 0.251 e. The van der Waals surface area contributed by atoms with Gasteiger partial charge in [0.1, 0.15) is 5.54 Å². The zero-order valence-corrected chi connectivity index (χ0v) is 13.7. The third-order valence-corrected chi connectivity index (χ3v) is 3.65. The van der Waals surface area contributed by atoms with Crippen LogP contribution in [0.2, 0.25) is 0 Å². The van der Waals surface area contributed by atoms with Crippen molar-refractivity contribution >= 4 is 29.9 Å². The molecular formula is C16H22ClN3O3. The Kier molecular flexibility index (Phi) is 7.22.